The lowest BCUT2D eigenvalue weighted by Gasteiger charge is -2.34. The van der Waals surface area contributed by atoms with Gasteiger partial charge < -0.3 is 14.7 Å². The van der Waals surface area contributed by atoms with E-state index in [0.717, 1.165) is 12.8 Å². The molecular formula is C20H26N2O4S. The molecular weight excluding hydrogens is 364 g/mol. The van der Waals surface area contributed by atoms with Gasteiger partial charge in [0.1, 0.15) is 0 Å². The molecule has 1 aliphatic rings. The summed E-state index contributed by atoms with van der Waals surface area (Å²) in [6.07, 6.45) is 2.14. The Morgan fingerprint density at radius 2 is 2.19 bits per heavy atom. The molecule has 1 fully saturated rings. The molecule has 0 bridgehead atoms. The first-order valence-electron chi connectivity index (χ1n) is 9.27. The van der Waals surface area contributed by atoms with Gasteiger partial charge in [0.25, 0.3) is 0 Å². The van der Waals surface area contributed by atoms with Crippen LogP contribution in [0.25, 0.3) is 10.1 Å². The summed E-state index contributed by atoms with van der Waals surface area (Å²) in [7, 11) is 1.75. The zero-order valence-electron chi connectivity index (χ0n) is 15.6. The molecule has 1 amide bonds. The number of likely N-dealkylation sites (N-methyl/N-ethyl adjacent to an activating group) is 1. The van der Waals surface area contributed by atoms with Gasteiger partial charge >= 0.3 is 5.97 Å². The van der Waals surface area contributed by atoms with E-state index in [1.54, 1.807) is 23.3 Å². The number of carbonyl (C=O) groups is 2. The second kappa shape index (κ2) is 9.30. The molecule has 2 heterocycles. The highest BCUT2D eigenvalue weighted by atomic mass is 32.1. The van der Waals surface area contributed by atoms with Crippen molar-refractivity contribution in [3.05, 3.63) is 35.2 Å². The molecule has 1 unspecified atom stereocenters. The van der Waals surface area contributed by atoms with Gasteiger partial charge in [0, 0.05) is 30.8 Å². The predicted molar refractivity (Wildman–Crippen MR) is 106 cm³/mol. The number of benzene rings is 1. The van der Waals surface area contributed by atoms with Crippen LogP contribution in [0.2, 0.25) is 0 Å². The highest BCUT2D eigenvalue weighted by Gasteiger charge is 2.25. The van der Waals surface area contributed by atoms with E-state index in [1.165, 1.54) is 15.6 Å². The number of carboxylic acids is 1. The summed E-state index contributed by atoms with van der Waals surface area (Å²) < 4.78 is 6.99. The normalized spacial score (nSPS) is 17.6. The van der Waals surface area contributed by atoms with Gasteiger partial charge in [-0.1, -0.05) is 18.2 Å². The number of hydrogen-bond donors (Lipinski definition) is 1. The average molecular weight is 391 g/mol. The minimum atomic E-state index is -0.859. The zero-order chi connectivity index (χ0) is 19.2. The van der Waals surface area contributed by atoms with Crippen molar-refractivity contribution in [3.63, 3.8) is 0 Å². The summed E-state index contributed by atoms with van der Waals surface area (Å²) in [6, 6.07) is 8.38. The number of carboxylic acid groups (broad SMARTS) is 1. The second-order valence-electron chi connectivity index (χ2n) is 7.03. The Kier molecular flexibility index (Phi) is 6.82. The maximum atomic E-state index is 12.6. The van der Waals surface area contributed by atoms with E-state index in [4.69, 9.17) is 9.84 Å². The number of fused-ring (bicyclic) bond motifs is 1. The number of ether oxygens (including phenoxy) is 1. The molecule has 7 heteroatoms. The Morgan fingerprint density at radius 1 is 1.37 bits per heavy atom. The van der Waals surface area contributed by atoms with Crippen molar-refractivity contribution in [2.45, 2.75) is 25.4 Å². The van der Waals surface area contributed by atoms with Gasteiger partial charge in [0.05, 0.1) is 19.3 Å². The molecule has 0 radical (unpaired) electrons. The number of aliphatic carboxylic acids is 1. The number of rotatable bonds is 8. The van der Waals surface area contributed by atoms with Crippen LogP contribution in [0, 0.1) is 0 Å². The van der Waals surface area contributed by atoms with Crippen molar-refractivity contribution in [3.8, 4) is 0 Å². The third-order valence-corrected chi connectivity index (χ3v) is 5.82. The van der Waals surface area contributed by atoms with E-state index in [0.29, 0.717) is 32.7 Å². The summed E-state index contributed by atoms with van der Waals surface area (Å²) in [5, 5.41) is 12.3. The van der Waals surface area contributed by atoms with Gasteiger partial charge in [-0.25, -0.2) is 0 Å². The molecule has 3 rings (SSSR count). The van der Waals surface area contributed by atoms with Crippen LogP contribution < -0.4 is 0 Å². The molecule has 146 valence electrons. The van der Waals surface area contributed by atoms with Crippen LogP contribution in [0.15, 0.2) is 29.6 Å². The number of morpholine rings is 1. The van der Waals surface area contributed by atoms with Crippen molar-refractivity contribution in [2.24, 2.45) is 0 Å². The van der Waals surface area contributed by atoms with Crippen molar-refractivity contribution in [1.29, 1.82) is 0 Å². The molecule has 1 aromatic carbocycles. The van der Waals surface area contributed by atoms with Crippen molar-refractivity contribution < 1.29 is 19.4 Å². The van der Waals surface area contributed by atoms with E-state index >= 15 is 0 Å². The topological polar surface area (TPSA) is 70.1 Å². The average Bonchev–Trinajstić information content (AvgIpc) is 3.04. The predicted octanol–water partition coefficient (Wildman–Crippen LogP) is 2.47. The molecule has 1 N–H and O–H groups in total. The lowest BCUT2D eigenvalue weighted by atomic mass is 10.1. The van der Waals surface area contributed by atoms with Crippen LogP contribution in [-0.2, 0) is 20.7 Å². The van der Waals surface area contributed by atoms with E-state index in [-0.39, 0.29) is 18.6 Å². The number of amides is 1. The molecule has 0 aliphatic carbocycles. The molecule has 1 aromatic heterocycles. The largest absolute Gasteiger partial charge is 0.480 e. The van der Waals surface area contributed by atoms with Crippen molar-refractivity contribution >= 4 is 33.3 Å². The van der Waals surface area contributed by atoms with E-state index in [1.807, 2.05) is 4.90 Å². The Labute approximate surface area is 163 Å². The summed E-state index contributed by atoms with van der Waals surface area (Å²) >= 11 is 1.75. The maximum absolute atomic E-state index is 12.6. The molecule has 6 nitrogen and oxygen atoms in total. The van der Waals surface area contributed by atoms with Crippen LogP contribution >= 0.6 is 11.3 Å². The summed E-state index contributed by atoms with van der Waals surface area (Å²) in [6.45, 7) is 2.13. The Bertz CT molecular complexity index is 791. The van der Waals surface area contributed by atoms with Gasteiger partial charge in [0.2, 0.25) is 5.91 Å². The zero-order valence-corrected chi connectivity index (χ0v) is 16.4. The lowest BCUT2D eigenvalue weighted by Crippen LogP contribution is -2.49. The number of hydrogen-bond acceptors (Lipinski definition) is 5. The smallest absolute Gasteiger partial charge is 0.317 e. The molecule has 0 spiro atoms. The Balaban J connectivity index is 1.45. The van der Waals surface area contributed by atoms with Gasteiger partial charge in [-0.2, -0.15) is 0 Å². The van der Waals surface area contributed by atoms with Crippen LogP contribution in [0.5, 0.6) is 0 Å². The molecule has 2 aromatic rings. The molecule has 0 saturated carbocycles. The summed E-state index contributed by atoms with van der Waals surface area (Å²) in [5.41, 5.74) is 1.32. The third-order valence-electron chi connectivity index (χ3n) is 4.81. The van der Waals surface area contributed by atoms with Crippen LogP contribution in [-0.4, -0.2) is 72.7 Å². The van der Waals surface area contributed by atoms with Crippen molar-refractivity contribution in [1.82, 2.24) is 9.80 Å². The number of carbonyl (C=O) groups excluding carboxylic acids is 1. The number of nitrogens with zero attached hydrogens (tertiary/aromatic N) is 2. The Hall–Kier alpha value is -1.96. The second-order valence-corrected chi connectivity index (χ2v) is 7.94. The van der Waals surface area contributed by atoms with Crippen LogP contribution in [0.4, 0.5) is 0 Å². The summed E-state index contributed by atoms with van der Waals surface area (Å²) in [4.78, 5) is 26.9. The molecule has 27 heavy (non-hydrogen) atoms. The quantitative estimate of drug-likeness (QED) is 0.750. The minimum absolute atomic E-state index is 0.0254. The van der Waals surface area contributed by atoms with Gasteiger partial charge in [-0.05, 0) is 42.3 Å². The molecule has 1 saturated heterocycles. The first-order chi connectivity index (χ1) is 13.0. The van der Waals surface area contributed by atoms with E-state index in [9.17, 15) is 9.59 Å². The van der Waals surface area contributed by atoms with E-state index < -0.39 is 5.97 Å². The third kappa shape index (κ3) is 5.51. The van der Waals surface area contributed by atoms with Gasteiger partial charge in [-0.15, -0.1) is 11.3 Å². The highest BCUT2D eigenvalue weighted by molar-refractivity contribution is 7.17. The first-order valence-corrected chi connectivity index (χ1v) is 10.2. The van der Waals surface area contributed by atoms with Gasteiger partial charge in [0.15, 0.2) is 0 Å². The Morgan fingerprint density at radius 3 is 3.00 bits per heavy atom. The van der Waals surface area contributed by atoms with Crippen LogP contribution in [0.1, 0.15) is 18.4 Å². The maximum Gasteiger partial charge on any atom is 0.317 e. The standard InChI is InChI=1S/C20H26N2O4S/c1-21(13-20(24)25)11-16-12-22(9-10-26-16)19(23)8-4-5-15-14-27-18-7-3-2-6-17(15)18/h2-3,6-7,14,16H,4-5,8-13H2,1H3,(H,24,25). The first kappa shape index (κ1) is 19.8. The van der Waals surface area contributed by atoms with Crippen LogP contribution in [0.3, 0.4) is 0 Å². The summed E-state index contributed by atoms with van der Waals surface area (Å²) in [5.74, 6) is -0.703. The SMILES string of the molecule is CN(CC(=O)O)CC1CN(C(=O)CCCc2csc3ccccc23)CCO1. The molecule has 1 atom stereocenters. The molecule has 1 aliphatic heterocycles. The monoisotopic (exact) mass is 390 g/mol. The van der Waals surface area contributed by atoms with Gasteiger partial charge in [-0.3, -0.25) is 14.5 Å². The number of aryl methyl sites for hydroxylation is 1. The fourth-order valence-corrected chi connectivity index (χ4v) is 4.51. The fourth-order valence-electron chi connectivity index (χ4n) is 3.51. The minimum Gasteiger partial charge on any atom is -0.480 e. The van der Waals surface area contributed by atoms with Crippen molar-refractivity contribution in [2.75, 3.05) is 39.8 Å². The fraction of sp³-hybridized carbons (Fsp3) is 0.500. The highest BCUT2D eigenvalue weighted by Crippen LogP contribution is 2.26. The lowest BCUT2D eigenvalue weighted by molar-refractivity contribution is -0.142. The number of thiophene rings is 1. The van der Waals surface area contributed by atoms with E-state index in [2.05, 4.69) is 29.6 Å².